The molecule has 6 heteroatoms. The van der Waals surface area contributed by atoms with Crippen molar-refractivity contribution in [2.24, 2.45) is 0 Å². The summed E-state index contributed by atoms with van der Waals surface area (Å²) in [4.78, 5) is 8.12. The van der Waals surface area contributed by atoms with Gasteiger partial charge in [0.25, 0.3) is 0 Å². The second kappa shape index (κ2) is 6.15. The molecule has 0 saturated carbocycles. The summed E-state index contributed by atoms with van der Waals surface area (Å²) in [6, 6.07) is 5.50. The van der Waals surface area contributed by atoms with Crippen LogP contribution in [0.1, 0.15) is 30.7 Å². The van der Waals surface area contributed by atoms with Crippen LogP contribution in [0.4, 0.5) is 11.8 Å². The van der Waals surface area contributed by atoms with Crippen LogP contribution in [0, 0.1) is 6.92 Å². The number of rotatable bonds is 3. The summed E-state index contributed by atoms with van der Waals surface area (Å²) in [5.74, 6) is 0.536. The number of nitrogens with two attached hydrogens (primary N) is 2. The third kappa shape index (κ3) is 3.70. The van der Waals surface area contributed by atoms with Crippen LogP contribution >= 0.6 is 23.2 Å². The largest absolute Gasteiger partial charge is 0.383 e. The fourth-order valence-electron chi connectivity index (χ4n) is 2.15. The Morgan fingerprint density at radius 2 is 1.64 bits per heavy atom. The normalized spacial score (nSPS) is 12.0. The third-order valence-corrected chi connectivity index (χ3v) is 3.89. The first-order chi connectivity index (χ1) is 10.2. The molecule has 116 valence electrons. The van der Waals surface area contributed by atoms with Crippen LogP contribution in [0.2, 0.25) is 10.0 Å². The molecule has 0 fully saturated rings. The third-order valence-electron chi connectivity index (χ3n) is 3.46. The molecule has 22 heavy (non-hydrogen) atoms. The van der Waals surface area contributed by atoms with Gasteiger partial charge in [-0.1, -0.05) is 49.2 Å². The number of benzene rings is 1. The molecule has 2 aromatic rings. The lowest BCUT2D eigenvalue weighted by Gasteiger charge is -2.22. The maximum atomic E-state index is 6.08. The lowest BCUT2D eigenvalue weighted by Crippen LogP contribution is -2.13. The van der Waals surface area contributed by atoms with Crippen molar-refractivity contribution in [1.82, 2.24) is 9.97 Å². The van der Waals surface area contributed by atoms with Crippen LogP contribution in [0.15, 0.2) is 24.3 Å². The van der Waals surface area contributed by atoms with Crippen molar-refractivity contribution in [2.75, 3.05) is 11.5 Å². The molecule has 0 atom stereocenters. The molecule has 1 heterocycles. The molecule has 0 saturated heterocycles. The SMILES string of the molecule is Cc1nc(N)nc(N)c1C=CC(C)(C)c1cc(Cl)cc(Cl)c1. The standard InChI is InChI=1S/C16H18Cl2N4/c1-9-13(14(19)22-15(20)21-9)4-5-16(2,3)10-6-11(17)8-12(18)7-10/h4-8H,1-3H3,(H4,19,20,21,22). The summed E-state index contributed by atoms with van der Waals surface area (Å²) in [6.07, 6.45) is 3.92. The molecule has 2 rings (SSSR count). The molecule has 0 radical (unpaired) electrons. The first kappa shape index (κ1) is 16.6. The fourth-order valence-corrected chi connectivity index (χ4v) is 2.67. The minimum atomic E-state index is -0.283. The number of nitrogens with zero attached hydrogens (tertiary/aromatic N) is 2. The Bertz CT molecular complexity index is 696. The minimum absolute atomic E-state index is 0.174. The predicted molar refractivity (Wildman–Crippen MR) is 94.1 cm³/mol. The zero-order valence-electron chi connectivity index (χ0n) is 12.7. The topological polar surface area (TPSA) is 77.8 Å². The molecule has 0 aliphatic carbocycles. The number of hydrogen-bond donors (Lipinski definition) is 2. The van der Waals surface area contributed by atoms with Gasteiger partial charge in [0.05, 0.1) is 5.69 Å². The first-order valence-electron chi connectivity index (χ1n) is 6.74. The highest BCUT2D eigenvalue weighted by molar-refractivity contribution is 6.34. The first-order valence-corrected chi connectivity index (χ1v) is 7.50. The van der Waals surface area contributed by atoms with E-state index in [4.69, 9.17) is 34.7 Å². The van der Waals surface area contributed by atoms with Crippen LogP contribution in [-0.2, 0) is 5.41 Å². The van der Waals surface area contributed by atoms with E-state index in [1.165, 1.54) is 0 Å². The van der Waals surface area contributed by atoms with Gasteiger partial charge < -0.3 is 11.5 Å². The Labute approximate surface area is 140 Å². The lowest BCUT2D eigenvalue weighted by atomic mass is 9.84. The number of aryl methyl sites for hydroxylation is 1. The quantitative estimate of drug-likeness (QED) is 0.878. The van der Waals surface area contributed by atoms with Crippen LogP contribution < -0.4 is 11.5 Å². The highest BCUT2D eigenvalue weighted by atomic mass is 35.5. The van der Waals surface area contributed by atoms with Crippen LogP contribution in [0.3, 0.4) is 0 Å². The Balaban J connectivity index is 2.40. The summed E-state index contributed by atoms with van der Waals surface area (Å²) in [7, 11) is 0. The summed E-state index contributed by atoms with van der Waals surface area (Å²) in [5.41, 5.74) is 13.7. The Kier molecular flexibility index (Phi) is 4.63. The lowest BCUT2D eigenvalue weighted by molar-refractivity contribution is 0.673. The number of halogens is 2. The van der Waals surface area contributed by atoms with E-state index in [2.05, 4.69) is 23.8 Å². The molecule has 0 aliphatic rings. The molecule has 0 spiro atoms. The van der Waals surface area contributed by atoms with Gasteiger partial charge in [-0.2, -0.15) is 4.98 Å². The van der Waals surface area contributed by atoms with E-state index in [-0.39, 0.29) is 11.4 Å². The van der Waals surface area contributed by atoms with Crippen LogP contribution in [0.25, 0.3) is 6.08 Å². The molecule has 1 aromatic heterocycles. The average molecular weight is 337 g/mol. The van der Waals surface area contributed by atoms with Gasteiger partial charge in [-0.15, -0.1) is 0 Å². The van der Waals surface area contributed by atoms with Gasteiger partial charge in [-0.05, 0) is 30.7 Å². The smallest absolute Gasteiger partial charge is 0.222 e. The number of nitrogen functional groups attached to an aromatic ring is 2. The van der Waals surface area contributed by atoms with E-state index in [9.17, 15) is 0 Å². The van der Waals surface area contributed by atoms with E-state index in [0.29, 0.717) is 15.9 Å². The van der Waals surface area contributed by atoms with Crippen molar-refractivity contribution in [2.45, 2.75) is 26.2 Å². The molecular formula is C16H18Cl2N4. The fraction of sp³-hybridized carbons (Fsp3) is 0.250. The summed E-state index contributed by atoms with van der Waals surface area (Å²) < 4.78 is 0. The molecule has 4 N–H and O–H groups in total. The van der Waals surface area contributed by atoms with Crippen molar-refractivity contribution in [3.8, 4) is 0 Å². The van der Waals surface area contributed by atoms with Crippen molar-refractivity contribution in [3.05, 3.63) is 51.1 Å². The monoisotopic (exact) mass is 336 g/mol. The van der Waals surface area contributed by atoms with E-state index < -0.39 is 0 Å². The van der Waals surface area contributed by atoms with Gasteiger partial charge in [-0.3, -0.25) is 0 Å². The highest BCUT2D eigenvalue weighted by Gasteiger charge is 2.18. The van der Waals surface area contributed by atoms with E-state index in [1.807, 2.05) is 31.2 Å². The molecule has 0 unspecified atom stereocenters. The zero-order valence-corrected chi connectivity index (χ0v) is 14.2. The molecule has 4 nitrogen and oxygen atoms in total. The number of anilines is 2. The molecule has 0 amide bonds. The van der Waals surface area contributed by atoms with Crippen LogP contribution in [0.5, 0.6) is 0 Å². The minimum Gasteiger partial charge on any atom is -0.383 e. The van der Waals surface area contributed by atoms with Crippen LogP contribution in [-0.4, -0.2) is 9.97 Å². The van der Waals surface area contributed by atoms with Gasteiger partial charge in [0.2, 0.25) is 5.95 Å². The van der Waals surface area contributed by atoms with Crippen molar-refractivity contribution in [1.29, 1.82) is 0 Å². The van der Waals surface area contributed by atoms with E-state index in [1.54, 1.807) is 6.07 Å². The van der Waals surface area contributed by atoms with Crippen molar-refractivity contribution in [3.63, 3.8) is 0 Å². The van der Waals surface area contributed by atoms with Gasteiger partial charge in [-0.25, -0.2) is 4.98 Å². The number of hydrogen-bond acceptors (Lipinski definition) is 4. The number of allylic oxidation sites excluding steroid dienone is 1. The van der Waals surface area contributed by atoms with Gasteiger partial charge in [0.15, 0.2) is 0 Å². The maximum Gasteiger partial charge on any atom is 0.222 e. The summed E-state index contributed by atoms with van der Waals surface area (Å²) in [6.45, 7) is 5.97. The van der Waals surface area contributed by atoms with Crippen molar-refractivity contribution < 1.29 is 0 Å². The summed E-state index contributed by atoms with van der Waals surface area (Å²) >= 11 is 12.2. The second-order valence-corrected chi connectivity index (χ2v) is 6.55. The Morgan fingerprint density at radius 1 is 1.05 bits per heavy atom. The van der Waals surface area contributed by atoms with Crippen molar-refractivity contribution >= 4 is 41.0 Å². The van der Waals surface area contributed by atoms with E-state index in [0.717, 1.165) is 16.8 Å². The summed E-state index contributed by atoms with van der Waals surface area (Å²) in [5, 5.41) is 1.21. The number of aromatic nitrogens is 2. The molecule has 1 aromatic carbocycles. The molecular weight excluding hydrogens is 319 g/mol. The van der Waals surface area contributed by atoms with Gasteiger partial charge >= 0.3 is 0 Å². The molecule has 0 bridgehead atoms. The van der Waals surface area contributed by atoms with Gasteiger partial charge in [0, 0.05) is 21.0 Å². The van der Waals surface area contributed by atoms with Gasteiger partial charge in [0.1, 0.15) is 5.82 Å². The Morgan fingerprint density at radius 3 is 2.18 bits per heavy atom. The predicted octanol–water partition coefficient (Wildman–Crippen LogP) is 4.25. The average Bonchev–Trinajstić information content (AvgIpc) is 2.36. The maximum absolute atomic E-state index is 6.08. The Hall–Kier alpha value is -1.78. The second-order valence-electron chi connectivity index (χ2n) is 5.68. The highest BCUT2D eigenvalue weighted by Crippen LogP contribution is 2.31. The molecule has 0 aliphatic heterocycles. The zero-order chi connectivity index (χ0) is 16.5. The van der Waals surface area contributed by atoms with E-state index >= 15 is 0 Å².